The van der Waals surface area contributed by atoms with Crippen molar-refractivity contribution in [2.75, 3.05) is 20.8 Å². The Morgan fingerprint density at radius 3 is 2.60 bits per heavy atom. The number of benzene rings is 2. The number of carbonyl (C=O) groups is 1. The highest BCUT2D eigenvalue weighted by Gasteiger charge is 2.09. The van der Waals surface area contributed by atoms with Crippen LogP contribution in [0.5, 0.6) is 17.2 Å². The van der Waals surface area contributed by atoms with Crippen LogP contribution in [-0.4, -0.2) is 32.4 Å². The summed E-state index contributed by atoms with van der Waals surface area (Å²) < 4.78 is 15.8. The minimum absolute atomic E-state index is 0.170. The zero-order valence-corrected chi connectivity index (χ0v) is 15.0. The first-order valence-electron chi connectivity index (χ1n) is 7.47. The fraction of sp³-hybridized carbons (Fsp3) is 0.222. The lowest BCUT2D eigenvalue weighted by Crippen LogP contribution is -2.25. The third kappa shape index (κ3) is 5.39. The predicted molar refractivity (Wildman–Crippen MR) is 96.8 cm³/mol. The Morgan fingerprint density at radius 1 is 1.12 bits per heavy atom. The molecule has 6 nitrogen and oxygen atoms in total. The van der Waals surface area contributed by atoms with E-state index >= 15 is 0 Å². The van der Waals surface area contributed by atoms with Crippen molar-refractivity contribution in [3.63, 3.8) is 0 Å². The van der Waals surface area contributed by atoms with Gasteiger partial charge in [0.25, 0.3) is 5.91 Å². The second-order valence-electron chi connectivity index (χ2n) is 5.04. The molecule has 0 spiro atoms. The van der Waals surface area contributed by atoms with E-state index in [4.69, 9.17) is 25.8 Å². The van der Waals surface area contributed by atoms with Crippen LogP contribution in [0.15, 0.2) is 47.6 Å². The van der Waals surface area contributed by atoms with E-state index in [1.165, 1.54) is 0 Å². The molecule has 2 rings (SSSR count). The lowest BCUT2D eigenvalue weighted by Gasteiger charge is -2.10. The summed E-state index contributed by atoms with van der Waals surface area (Å²) in [7, 11) is 3.14. The molecule has 0 heterocycles. The molecule has 0 fully saturated rings. The van der Waals surface area contributed by atoms with Gasteiger partial charge in [-0.1, -0.05) is 17.7 Å². The van der Waals surface area contributed by atoms with E-state index in [0.717, 1.165) is 5.56 Å². The average Bonchev–Trinajstić information content (AvgIpc) is 2.63. The van der Waals surface area contributed by atoms with Crippen LogP contribution in [-0.2, 0) is 4.79 Å². The standard InChI is InChI=1S/C18H19ClN2O4/c1-12(16-8-7-14(23-2)10-17(16)24-3)20-21-18(22)11-25-15-6-4-5-13(19)9-15/h4-10H,11H2,1-3H3,(H,21,22)/b20-12+. The topological polar surface area (TPSA) is 69.2 Å². The number of hydrogen-bond donors (Lipinski definition) is 1. The fourth-order valence-corrected chi connectivity index (χ4v) is 2.22. The lowest BCUT2D eigenvalue weighted by atomic mass is 10.1. The molecule has 0 bridgehead atoms. The van der Waals surface area contributed by atoms with Crippen molar-refractivity contribution in [2.45, 2.75) is 6.92 Å². The van der Waals surface area contributed by atoms with Crippen LogP contribution in [0, 0.1) is 0 Å². The zero-order chi connectivity index (χ0) is 18.2. The molecular formula is C18H19ClN2O4. The molecule has 7 heteroatoms. The first kappa shape index (κ1) is 18.6. The maximum absolute atomic E-state index is 11.9. The molecule has 0 saturated heterocycles. The van der Waals surface area contributed by atoms with E-state index < -0.39 is 0 Å². The monoisotopic (exact) mass is 362 g/mol. The number of nitrogens with one attached hydrogen (secondary N) is 1. The van der Waals surface area contributed by atoms with Crippen molar-refractivity contribution >= 4 is 23.2 Å². The minimum Gasteiger partial charge on any atom is -0.497 e. The molecule has 1 amide bonds. The molecule has 25 heavy (non-hydrogen) atoms. The number of hydrogen-bond acceptors (Lipinski definition) is 5. The number of ether oxygens (including phenoxy) is 3. The van der Waals surface area contributed by atoms with E-state index in [2.05, 4.69) is 10.5 Å². The first-order valence-corrected chi connectivity index (χ1v) is 7.85. The molecule has 132 valence electrons. The summed E-state index contributed by atoms with van der Waals surface area (Å²) in [6.07, 6.45) is 0. The highest BCUT2D eigenvalue weighted by Crippen LogP contribution is 2.25. The summed E-state index contributed by atoms with van der Waals surface area (Å²) in [6, 6.07) is 12.2. The van der Waals surface area contributed by atoms with Crippen LogP contribution >= 0.6 is 11.6 Å². The van der Waals surface area contributed by atoms with Crippen molar-refractivity contribution < 1.29 is 19.0 Å². The van der Waals surface area contributed by atoms with E-state index in [1.807, 2.05) is 6.07 Å². The molecule has 1 N–H and O–H groups in total. The molecule has 2 aromatic carbocycles. The van der Waals surface area contributed by atoms with Crippen LogP contribution in [0.25, 0.3) is 0 Å². The molecular weight excluding hydrogens is 344 g/mol. The smallest absolute Gasteiger partial charge is 0.277 e. The molecule has 0 aliphatic heterocycles. The van der Waals surface area contributed by atoms with E-state index in [0.29, 0.717) is 28.0 Å². The number of hydrazone groups is 1. The third-order valence-electron chi connectivity index (χ3n) is 3.31. The molecule has 0 unspecified atom stereocenters. The molecule has 0 saturated carbocycles. The summed E-state index contributed by atoms with van der Waals surface area (Å²) in [6.45, 7) is 1.60. The van der Waals surface area contributed by atoms with Crippen molar-refractivity contribution in [3.05, 3.63) is 53.1 Å². The van der Waals surface area contributed by atoms with Crippen LogP contribution in [0.3, 0.4) is 0 Å². The fourth-order valence-electron chi connectivity index (χ4n) is 2.04. The molecule has 0 aliphatic carbocycles. The third-order valence-corrected chi connectivity index (χ3v) is 3.55. The summed E-state index contributed by atoms with van der Waals surface area (Å²) in [4.78, 5) is 11.9. The number of amides is 1. The van der Waals surface area contributed by atoms with Crippen LogP contribution in [0.2, 0.25) is 5.02 Å². The summed E-state index contributed by atoms with van der Waals surface area (Å²) in [5, 5.41) is 4.62. The Hall–Kier alpha value is -2.73. The summed E-state index contributed by atoms with van der Waals surface area (Å²) in [5.41, 5.74) is 3.79. The second kappa shape index (κ2) is 8.94. The van der Waals surface area contributed by atoms with Gasteiger partial charge >= 0.3 is 0 Å². The van der Waals surface area contributed by atoms with Gasteiger partial charge in [-0.3, -0.25) is 4.79 Å². The Labute approximate surface area is 151 Å². The quantitative estimate of drug-likeness (QED) is 0.606. The van der Waals surface area contributed by atoms with Gasteiger partial charge < -0.3 is 14.2 Å². The highest BCUT2D eigenvalue weighted by atomic mass is 35.5. The second-order valence-corrected chi connectivity index (χ2v) is 5.48. The Bertz CT molecular complexity index is 777. The van der Waals surface area contributed by atoms with Gasteiger partial charge in [-0.05, 0) is 37.3 Å². The van der Waals surface area contributed by atoms with Gasteiger partial charge in [0.1, 0.15) is 17.2 Å². The Balaban J connectivity index is 1.97. The lowest BCUT2D eigenvalue weighted by molar-refractivity contribution is -0.123. The van der Waals surface area contributed by atoms with Crippen molar-refractivity contribution in [2.24, 2.45) is 5.10 Å². The zero-order valence-electron chi connectivity index (χ0n) is 14.2. The number of rotatable bonds is 7. The van der Waals surface area contributed by atoms with E-state index in [9.17, 15) is 4.79 Å². The number of nitrogens with zero attached hydrogens (tertiary/aromatic N) is 1. The average molecular weight is 363 g/mol. The van der Waals surface area contributed by atoms with Crippen LogP contribution in [0.4, 0.5) is 0 Å². The molecule has 0 radical (unpaired) electrons. The van der Waals surface area contributed by atoms with Crippen molar-refractivity contribution in [1.82, 2.24) is 5.43 Å². The number of carbonyl (C=O) groups excluding carboxylic acids is 1. The SMILES string of the molecule is COc1ccc(/C(C)=N/NC(=O)COc2cccc(Cl)c2)c(OC)c1. The summed E-state index contributed by atoms with van der Waals surface area (Å²) in [5.74, 6) is 1.41. The van der Waals surface area contributed by atoms with Gasteiger partial charge in [0.2, 0.25) is 0 Å². The Morgan fingerprint density at radius 2 is 1.92 bits per heavy atom. The van der Waals surface area contributed by atoms with Gasteiger partial charge in [0.05, 0.1) is 19.9 Å². The minimum atomic E-state index is -0.383. The predicted octanol–water partition coefficient (Wildman–Crippen LogP) is 3.28. The Kier molecular flexibility index (Phi) is 6.65. The molecule has 0 aromatic heterocycles. The number of halogens is 1. The van der Waals surface area contributed by atoms with Crippen LogP contribution in [0.1, 0.15) is 12.5 Å². The van der Waals surface area contributed by atoms with Gasteiger partial charge in [-0.25, -0.2) is 5.43 Å². The highest BCUT2D eigenvalue weighted by molar-refractivity contribution is 6.30. The van der Waals surface area contributed by atoms with Gasteiger partial charge in [-0.15, -0.1) is 0 Å². The molecule has 0 atom stereocenters. The largest absolute Gasteiger partial charge is 0.497 e. The van der Waals surface area contributed by atoms with Crippen molar-refractivity contribution in [3.8, 4) is 17.2 Å². The number of methoxy groups -OCH3 is 2. The van der Waals surface area contributed by atoms with Crippen molar-refractivity contribution in [1.29, 1.82) is 0 Å². The van der Waals surface area contributed by atoms with Crippen LogP contribution < -0.4 is 19.6 Å². The van der Waals surface area contributed by atoms with E-state index in [-0.39, 0.29) is 12.5 Å². The normalized spacial score (nSPS) is 11.0. The maximum Gasteiger partial charge on any atom is 0.277 e. The van der Waals surface area contributed by atoms with E-state index in [1.54, 1.807) is 57.5 Å². The first-order chi connectivity index (χ1) is 12.0. The van der Waals surface area contributed by atoms with Gasteiger partial charge in [-0.2, -0.15) is 5.10 Å². The molecule has 0 aliphatic rings. The summed E-state index contributed by atoms with van der Waals surface area (Å²) >= 11 is 5.86. The molecule has 2 aromatic rings. The van der Waals surface area contributed by atoms with Gasteiger partial charge in [0, 0.05) is 16.7 Å². The van der Waals surface area contributed by atoms with Gasteiger partial charge in [0.15, 0.2) is 6.61 Å². The maximum atomic E-state index is 11.9.